The standard InChI is InChI=1S/C38H25NS/c1-3-12-26(13-4-1)28-15-11-18-30(24-28)39(29-16-5-2-6-17-29)34-25-36-38(33-21-10-9-20-32(33)34)37-31-19-8-7-14-27(31)22-23-35(37)40-36/h1-25H. The molecule has 0 aliphatic rings. The van der Waals surface area contributed by atoms with Crippen LogP contribution >= 0.6 is 11.3 Å². The third-order valence-corrected chi connectivity index (χ3v) is 8.92. The van der Waals surface area contributed by atoms with Gasteiger partial charge in [-0.3, -0.25) is 0 Å². The summed E-state index contributed by atoms with van der Waals surface area (Å²) in [6.07, 6.45) is 0. The minimum atomic E-state index is 1.14. The first-order valence-corrected chi connectivity index (χ1v) is 14.4. The molecule has 0 N–H and O–H groups in total. The molecule has 8 aromatic rings. The van der Waals surface area contributed by atoms with E-state index in [0.29, 0.717) is 0 Å². The Hall–Kier alpha value is -4.92. The van der Waals surface area contributed by atoms with E-state index in [9.17, 15) is 0 Å². The average molecular weight is 528 g/mol. The zero-order valence-corrected chi connectivity index (χ0v) is 22.6. The molecule has 0 spiro atoms. The van der Waals surface area contributed by atoms with Gasteiger partial charge in [-0.05, 0) is 63.7 Å². The lowest BCUT2D eigenvalue weighted by molar-refractivity contribution is 1.30. The highest BCUT2D eigenvalue weighted by Crippen LogP contribution is 2.48. The summed E-state index contributed by atoms with van der Waals surface area (Å²) in [5.74, 6) is 0. The van der Waals surface area contributed by atoms with Crippen LogP contribution in [0.4, 0.5) is 17.1 Å². The maximum Gasteiger partial charge on any atom is 0.0554 e. The fourth-order valence-corrected chi connectivity index (χ4v) is 7.20. The van der Waals surface area contributed by atoms with Gasteiger partial charge >= 0.3 is 0 Å². The highest BCUT2D eigenvalue weighted by molar-refractivity contribution is 7.26. The third kappa shape index (κ3) is 3.69. The first kappa shape index (κ1) is 23.0. The van der Waals surface area contributed by atoms with Gasteiger partial charge in [-0.1, -0.05) is 115 Å². The second kappa shape index (κ2) is 9.37. The zero-order chi connectivity index (χ0) is 26.5. The predicted octanol–water partition coefficient (Wildman–Crippen LogP) is 11.5. The number of benzene rings is 7. The molecular formula is C38H25NS. The number of anilines is 3. The molecular weight excluding hydrogens is 502 g/mol. The second-order valence-corrected chi connectivity index (χ2v) is 11.2. The van der Waals surface area contributed by atoms with Gasteiger partial charge in [0.25, 0.3) is 0 Å². The van der Waals surface area contributed by atoms with Crippen LogP contribution in [-0.2, 0) is 0 Å². The summed E-state index contributed by atoms with van der Waals surface area (Å²) >= 11 is 1.89. The molecule has 1 aromatic heterocycles. The number of rotatable bonds is 4. The van der Waals surface area contributed by atoms with Crippen LogP contribution in [0.3, 0.4) is 0 Å². The number of hydrogen-bond acceptors (Lipinski definition) is 2. The lowest BCUT2D eigenvalue weighted by atomic mass is 9.98. The number of hydrogen-bond donors (Lipinski definition) is 0. The van der Waals surface area contributed by atoms with E-state index in [-0.39, 0.29) is 0 Å². The average Bonchev–Trinajstić information content (AvgIpc) is 3.42. The van der Waals surface area contributed by atoms with Crippen molar-refractivity contribution in [3.8, 4) is 11.1 Å². The molecule has 8 rings (SSSR count). The summed E-state index contributed by atoms with van der Waals surface area (Å²) in [5.41, 5.74) is 5.90. The van der Waals surface area contributed by atoms with Gasteiger partial charge in [-0.2, -0.15) is 0 Å². The molecule has 0 aliphatic heterocycles. The van der Waals surface area contributed by atoms with E-state index < -0.39 is 0 Å². The van der Waals surface area contributed by atoms with Gasteiger partial charge in [0.2, 0.25) is 0 Å². The Bertz CT molecular complexity index is 2160. The summed E-state index contributed by atoms with van der Waals surface area (Å²) in [4.78, 5) is 2.41. The highest BCUT2D eigenvalue weighted by atomic mass is 32.1. The van der Waals surface area contributed by atoms with Crippen molar-refractivity contribution in [1.29, 1.82) is 0 Å². The molecule has 0 unspecified atom stereocenters. The van der Waals surface area contributed by atoms with Gasteiger partial charge in [0.05, 0.1) is 5.69 Å². The fourth-order valence-electron chi connectivity index (χ4n) is 6.03. The van der Waals surface area contributed by atoms with Gasteiger partial charge in [0.1, 0.15) is 0 Å². The molecule has 0 fully saturated rings. The maximum absolute atomic E-state index is 2.41. The molecule has 0 aliphatic carbocycles. The first-order valence-electron chi connectivity index (χ1n) is 13.6. The molecule has 1 heterocycles. The van der Waals surface area contributed by atoms with Crippen molar-refractivity contribution in [3.63, 3.8) is 0 Å². The Morgan fingerprint density at radius 3 is 1.85 bits per heavy atom. The van der Waals surface area contributed by atoms with E-state index >= 15 is 0 Å². The van der Waals surface area contributed by atoms with E-state index in [0.717, 1.165) is 11.4 Å². The van der Waals surface area contributed by atoms with Crippen LogP contribution in [0.1, 0.15) is 0 Å². The van der Waals surface area contributed by atoms with E-state index in [2.05, 4.69) is 157 Å². The van der Waals surface area contributed by atoms with E-state index in [1.807, 2.05) is 11.3 Å². The van der Waals surface area contributed by atoms with Crippen LogP contribution < -0.4 is 4.90 Å². The lowest BCUT2D eigenvalue weighted by Crippen LogP contribution is -2.10. The molecule has 0 radical (unpaired) electrons. The number of nitrogens with zero attached hydrogens (tertiary/aromatic N) is 1. The molecule has 0 atom stereocenters. The number of fused-ring (bicyclic) bond motifs is 7. The van der Waals surface area contributed by atoms with Crippen molar-refractivity contribution < 1.29 is 0 Å². The van der Waals surface area contributed by atoms with E-state index in [4.69, 9.17) is 0 Å². The van der Waals surface area contributed by atoms with Gasteiger partial charge in [0.15, 0.2) is 0 Å². The molecule has 0 saturated carbocycles. The lowest BCUT2D eigenvalue weighted by Gasteiger charge is -2.27. The van der Waals surface area contributed by atoms with Crippen molar-refractivity contribution in [3.05, 3.63) is 152 Å². The quantitative estimate of drug-likeness (QED) is 0.220. The Balaban J connectivity index is 1.45. The highest BCUT2D eigenvalue weighted by Gasteiger charge is 2.20. The number of thiophene rings is 1. The summed E-state index contributed by atoms with van der Waals surface area (Å²) in [7, 11) is 0. The van der Waals surface area contributed by atoms with Crippen LogP contribution in [0.15, 0.2) is 152 Å². The Kier molecular flexibility index (Phi) is 5.39. The van der Waals surface area contributed by atoms with E-state index in [1.54, 1.807) is 0 Å². The minimum Gasteiger partial charge on any atom is -0.310 e. The molecule has 0 saturated heterocycles. The molecule has 0 bridgehead atoms. The SMILES string of the molecule is c1ccc(-c2cccc(N(c3ccccc3)c3cc4sc5ccc6ccccc6c5c4c4ccccc34)c2)cc1. The number of para-hydroxylation sites is 1. The first-order chi connectivity index (χ1) is 19.8. The van der Waals surface area contributed by atoms with Crippen molar-refractivity contribution in [2.24, 2.45) is 0 Å². The Morgan fingerprint density at radius 1 is 0.400 bits per heavy atom. The Labute approximate surface area is 237 Å². The molecule has 0 amide bonds. The summed E-state index contributed by atoms with van der Waals surface area (Å²) in [6.45, 7) is 0. The van der Waals surface area contributed by atoms with Crippen LogP contribution in [-0.4, -0.2) is 0 Å². The minimum absolute atomic E-state index is 1.14. The van der Waals surface area contributed by atoms with E-state index in [1.165, 1.54) is 58.5 Å². The molecule has 40 heavy (non-hydrogen) atoms. The maximum atomic E-state index is 2.41. The van der Waals surface area contributed by atoms with Crippen molar-refractivity contribution in [2.45, 2.75) is 0 Å². The molecule has 2 heteroatoms. The van der Waals surface area contributed by atoms with Crippen LogP contribution in [0.5, 0.6) is 0 Å². The normalized spacial score (nSPS) is 11.5. The van der Waals surface area contributed by atoms with Gasteiger partial charge < -0.3 is 4.90 Å². The van der Waals surface area contributed by atoms with Gasteiger partial charge in [-0.25, -0.2) is 0 Å². The second-order valence-electron chi connectivity index (χ2n) is 10.2. The fraction of sp³-hybridized carbons (Fsp3) is 0. The monoisotopic (exact) mass is 527 g/mol. The van der Waals surface area contributed by atoms with Crippen molar-refractivity contribution in [1.82, 2.24) is 0 Å². The van der Waals surface area contributed by atoms with Gasteiger partial charge in [-0.15, -0.1) is 11.3 Å². The van der Waals surface area contributed by atoms with Crippen LogP contribution in [0, 0.1) is 0 Å². The third-order valence-electron chi connectivity index (χ3n) is 7.81. The summed E-state index contributed by atoms with van der Waals surface area (Å²) in [5, 5.41) is 7.85. The largest absolute Gasteiger partial charge is 0.310 e. The summed E-state index contributed by atoms with van der Waals surface area (Å²) in [6, 6.07) is 54.8. The molecule has 188 valence electrons. The topological polar surface area (TPSA) is 3.24 Å². The predicted molar refractivity (Wildman–Crippen MR) is 174 cm³/mol. The van der Waals surface area contributed by atoms with Crippen molar-refractivity contribution >= 4 is 70.1 Å². The molecule has 1 nitrogen and oxygen atoms in total. The van der Waals surface area contributed by atoms with Crippen LogP contribution in [0.2, 0.25) is 0 Å². The van der Waals surface area contributed by atoms with Crippen molar-refractivity contribution in [2.75, 3.05) is 4.90 Å². The van der Waals surface area contributed by atoms with Crippen LogP contribution in [0.25, 0.3) is 52.8 Å². The zero-order valence-electron chi connectivity index (χ0n) is 21.8. The molecule has 7 aromatic carbocycles. The Morgan fingerprint density at radius 2 is 1.02 bits per heavy atom. The van der Waals surface area contributed by atoms with Gasteiger partial charge in [0, 0.05) is 36.9 Å². The smallest absolute Gasteiger partial charge is 0.0554 e. The summed E-state index contributed by atoms with van der Waals surface area (Å²) < 4.78 is 2.63.